The molecule has 3 rings (SSSR count). The minimum Gasteiger partial charge on any atom is -0.459 e. The van der Waals surface area contributed by atoms with Crippen molar-refractivity contribution in [3.8, 4) is 0 Å². The van der Waals surface area contributed by atoms with Crippen LogP contribution in [0.25, 0.3) is 0 Å². The molecule has 10 atom stereocenters. The molecule has 3 aliphatic rings. The summed E-state index contributed by atoms with van der Waals surface area (Å²) in [6, 6.07) is 0. The predicted molar refractivity (Wildman–Crippen MR) is 114 cm³/mol. The number of hydrogen-bond acceptors (Lipinski definition) is 13. The van der Waals surface area contributed by atoms with Crippen LogP contribution in [0.15, 0.2) is 11.6 Å². The molecule has 2 fully saturated rings. The van der Waals surface area contributed by atoms with Gasteiger partial charge in [0.25, 0.3) is 0 Å². The summed E-state index contributed by atoms with van der Waals surface area (Å²) in [5, 5.41) is 80.3. The molecule has 0 aromatic rings. The van der Waals surface area contributed by atoms with Crippen molar-refractivity contribution in [2.75, 3.05) is 19.8 Å². The topological polar surface area (TPSA) is 216 Å². The van der Waals surface area contributed by atoms with Gasteiger partial charge in [-0.05, 0) is 39.0 Å². The van der Waals surface area contributed by atoms with Gasteiger partial charge in [0.1, 0.15) is 55.9 Å². The van der Waals surface area contributed by atoms with Gasteiger partial charge in [-0.3, -0.25) is 0 Å². The summed E-state index contributed by atoms with van der Waals surface area (Å²) in [7, 11) is 0. The molecule has 0 aromatic carbocycles. The van der Waals surface area contributed by atoms with E-state index < -0.39 is 86.2 Å². The summed E-state index contributed by atoms with van der Waals surface area (Å²) in [5.74, 6) is -2.97. The third kappa shape index (κ3) is 5.86. The van der Waals surface area contributed by atoms with Crippen LogP contribution in [0.3, 0.4) is 0 Å². The Morgan fingerprint density at radius 1 is 1.09 bits per heavy atom. The lowest BCUT2D eigenvalue weighted by molar-refractivity contribution is -0.383. The zero-order valence-electron chi connectivity index (χ0n) is 19.6. The molecule has 13 heteroatoms. The number of carbonyl (C=O) groups excluding carboxylic acids is 1. The minimum atomic E-state index is -2.30. The fourth-order valence-corrected chi connectivity index (χ4v) is 4.53. The minimum absolute atomic E-state index is 0.00644. The smallest absolute Gasteiger partial charge is 0.333 e. The number of aliphatic hydroxyl groups excluding tert-OH is 7. The fourth-order valence-electron chi connectivity index (χ4n) is 4.53. The van der Waals surface area contributed by atoms with Crippen LogP contribution in [0, 0.1) is 5.92 Å². The highest BCUT2D eigenvalue weighted by Gasteiger charge is 2.58. The molecule has 1 aliphatic carbocycles. The second-order valence-electron chi connectivity index (χ2n) is 9.83. The number of hydrogen-bond donors (Lipinski definition) is 8. The number of rotatable bonds is 8. The zero-order valence-corrected chi connectivity index (χ0v) is 19.6. The normalized spacial score (nSPS) is 42.6. The summed E-state index contributed by atoms with van der Waals surface area (Å²) in [6.07, 6.45) is -10.1. The number of allylic oxidation sites excluding steroid dienone is 1. The maximum Gasteiger partial charge on any atom is 0.333 e. The molecule has 2 heterocycles. The van der Waals surface area contributed by atoms with E-state index in [0.717, 1.165) is 0 Å². The van der Waals surface area contributed by atoms with Crippen LogP contribution < -0.4 is 0 Å². The van der Waals surface area contributed by atoms with E-state index >= 15 is 0 Å². The van der Waals surface area contributed by atoms with E-state index in [9.17, 15) is 45.6 Å². The first-order valence-corrected chi connectivity index (χ1v) is 11.6. The average Bonchev–Trinajstić information content (AvgIpc) is 3.07. The van der Waals surface area contributed by atoms with E-state index in [1.807, 2.05) is 0 Å². The first kappa shape index (κ1) is 28.3. The largest absolute Gasteiger partial charge is 0.459 e. The first-order valence-electron chi connectivity index (χ1n) is 11.6. The summed E-state index contributed by atoms with van der Waals surface area (Å²) >= 11 is 0. The molecule has 0 spiro atoms. The van der Waals surface area contributed by atoms with Gasteiger partial charge >= 0.3 is 5.97 Å². The van der Waals surface area contributed by atoms with E-state index in [1.165, 1.54) is 0 Å². The third-order valence-corrected chi connectivity index (χ3v) is 6.94. The molecule has 8 N–H and O–H groups in total. The van der Waals surface area contributed by atoms with Gasteiger partial charge in [0.05, 0.1) is 12.2 Å². The lowest BCUT2D eigenvalue weighted by Gasteiger charge is -2.43. The zero-order chi connectivity index (χ0) is 26.1. The predicted octanol–water partition coefficient (Wildman–Crippen LogP) is -3.35. The van der Waals surface area contributed by atoms with E-state index in [1.54, 1.807) is 19.9 Å². The average molecular weight is 509 g/mol. The van der Waals surface area contributed by atoms with E-state index in [-0.39, 0.29) is 5.92 Å². The highest BCUT2D eigenvalue weighted by atomic mass is 16.8. The Labute approximate surface area is 202 Å². The lowest BCUT2D eigenvalue weighted by atomic mass is 9.79. The highest BCUT2D eigenvalue weighted by Crippen LogP contribution is 2.36. The summed E-state index contributed by atoms with van der Waals surface area (Å²) < 4.78 is 21.4. The molecule has 0 bridgehead atoms. The fraction of sp³-hybridized carbons (Fsp3) is 0.864. The molecule has 2 aliphatic heterocycles. The molecule has 202 valence electrons. The Kier molecular flexibility index (Phi) is 8.93. The SMILES string of the molecule is CC(C)(O)C1CC=C(C(=O)OC[C@H]2O[C@H](O[C@]3(CO)O[C@H](CO)[C@@H](O)[C@@H]3O)[C@H](O)[C@@H](O)[C@@H]2O)CC1. The molecule has 2 saturated heterocycles. The Balaban J connectivity index is 1.64. The van der Waals surface area contributed by atoms with Gasteiger partial charge in [-0.15, -0.1) is 0 Å². The Hall–Kier alpha value is -1.23. The molecule has 35 heavy (non-hydrogen) atoms. The maximum absolute atomic E-state index is 12.5. The summed E-state index contributed by atoms with van der Waals surface area (Å²) in [6.45, 7) is 1.18. The van der Waals surface area contributed by atoms with Crippen molar-refractivity contribution in [2.45, 2.75) is 93.5 Å². The second kappa shape index (κ2) is 11.0. The van der Waals surface area contributed by atoms with E-state index in [4.69, 9.17) is 18.9 Å². The van der Waals surface area contributed by atoms with Crippen molar-refractivity contribution in [1.29, 1.82) is 0 Å². The van der Waals surface area contributed by atoms with Crippen LogP contribution in [0.5, 0.6) is 0 Å². The van der Waals surface area contributed by atoms with Crippen LogP contribution >= 0.6 is 0 Å². The van der Waals surface area contributed by atoms with E-state index in [2.05, 4.69) is 0 Å². The quantitative estimate of drug-likeness (QED) is 0.151. The summed E-state index contributed by atoms with van der Waals surface area (Å²) in [4.78, 5) is 12.5. The van der Waals surface area contributed by atoms with Crippen molar-refractivity contribution < 1.29 is 64.6 Å². The van der Waals surface area contributed by atoms with Crippen molar-refractivity contribution in [3.05, 3.63) is 11.6 Å². The number of ether oxygens (including phenoxy) is 4. The van der Waals surface area contributed by atoms with Gasteiger partial charge in [0.15, 0.2) is 6.29 Å². The van der Waals surface area contributed by atoms with Crippen molar-refractivity contribution >= 4 is 5.97 Å². The van der Waals surface area contributed by atoms with Gasteiger partial charge in [0, 0.05) is 5.57 Å². The van der Waals surface area contributed by atoms with Crippen LogP contribution in [0.2, 0.25) is 0 Å². The van der Waals surface area contributed by atoms with Crippen molar-refractivity contribution in [2.24, 2.45) is 5.92 Å². The second-order valence-corrected chi connectivity index (χ2v) is 9.83. The molecule has 1 unspecified atom stereocenters. The van der Waals surface area contributed by atoms with Crippen LogP contribution in [-0.2, 0) is 23.7 Å². The van der Waals surface area contributed by atoms with Crippen molar-refractivity contribution in [3.63, 3.8) is 0 Å². The molecule has 0 aromatic heterocycles. The standard InChI is InChI=1S/C22H36O13/c1-21(2,31)11-5-3-10(4-6-11)19(30)32-8-13-14(25)16(27)17(28)20(33-13)35-22(9-24)18(29)15(26)12(7-23)34-22/h3,11-18,20,23-29,31H,4-9H2,1-2H3/t11?,12-,13-,14-,15-,16+,17-,18+,20-,22+/m1/s1. The van der Waals surface area contributed by atoms with Gasteiger partial charge in [-0.2, -0.15) is 0 Å². The van der Waals surface area contributed by atoms with Gasteiger partial charge < -0.3 is 59.8 Å². The third-order valence-electron chi connectivity index (χ3n) is 6.94. The Morgan fingerprint density at radius 3 is 2.29 bits per heavy atom. The van der Waals surface area contributed by atoms with Gasteiger partial charge in [-0.1, -0.05) is 6.08 Å². The number of esters is 1. The van der Waals surface area contributed by atoms with Gasteiger partial charge in [-0.25, -0.2) is 4.79 Å². The summed E-state index contributed by atoms with van der Waals surface area (Å²) in [5.41, 5.74) is -0.483. The highest BCUT2D eigenvalue weighted by molar-refractivity contribution is 5.88. The number of carbonyl (C=O) groups is 1. The van der Waals surface area contributed by atoms with E-state index in [0.29, 0.717) is 24.8 Å². The molecule has 0 saturated carbocycles. The lowest BCUT2D eigenvalue weighted by Crippen LogP contribution is -2.62. The maximum atomic E-state index is 12.5. The molecule has 0 radical (unpaired) electrons. The molecule has 13 nitrogen and oxygen atoms in total. The van der Waals surface area contributed by atoms with Crippen LogP contribution in [0.4, 0.5) is 0 Å². The Bertz CT molecular complexity index is 767. The number of aliphatic hydroxyl groups is 8. The van der Waals surface area contributed by atoms with Crippen LogP contribution in [-0.4, -0.2) is 127 Å². The van der Waals surface area contributed by atoms with Gasteiger partial charge in [0.2, 0.25) is 5.79 Å². The van der Waals surface area contributed by atoms with Crippen LogP contribution in [0.1, 0.15) is 33.1 Å². The molecule has 0 amide bonds. The monoisotopic (exact) mass is 508 g/mol. The molecular formula is C22H36O13. The first-order chi connectivity index (χ1) is 16.3. The van der Waals surface area contributed by atoms with Crippen molar-refractivity contribution in [1.82, 2.24) is 0 Å². The molecular weight excluding hydrogens is 472 g/mol. The Morgan fingerprint density at radius 2 is 1.77 bits per heavy atom.